The SMILES string of the molecule is CN1CCN(C(=O)CSc2nnc(NC(=O)c3ccccc3Br)s2)CC1. The maximum Gasteiger partial charge on any atom is 0.258 e. The Morgan fingerprint density at radius 1 is 1.23 bits per heavy atom. The van der Waals surface area contributed by atoms with Gasteiger partial charge in [-0.25, -0.2) is 0 Å². The molecule has 0 radical (unpaired) electrons. The molecule has 1 aliphatic rings. The Morgan fingerprint density at radius 2 is 1.96 bits per heavy atom. The number of nitrogens with zero attached hydrogens (tertiary/aromatic N) is 4. The Kier molecular flexibility index (Phi) is 6.63. The van der Waals surface area contributed by atoms with Crippen LogP contribution in [-0.4, -0.2) is 70.8 Å². The van der Waals surface area contributed by atoms with Gasteiger partial charge in [0.15, 0.2) is 4.34 Å². The molecule has 0 bridgehead atoms. The van der Waals surface area contributed by atoms with E-state index in [9.17, 15) is 9.59 Å². The van der Waals surface area contributed by atoms with Crippen LogP contribution in [-0.2, 0) is 4.79 Å². The molecule has 138 valence electrons. The second-order valence-electron chi connectivity index (χ2n) is 5.78. The lowest BCUT2D eigenvalue weighted by molar-refractivity contribution is -0.129. The van der Waals surface area contributed by atoms with Crippen molar-refractivity contribution < 1.29 is 9.59 Å². The number of thioether (sulfide) groups is 1. The van der Waals surface area contributed by atoms with E-state index in [2.05, 4.69) is 43.4 Å². The van der Waals surface area contributed by atoms with E-state index in [0.717, 1.165) is 30.7 Å². The van der Waals surface area contributed by atoms with Crippen LogP contribution in [0.1, 0.15) is 10.4 Å². The molecule has 0 spiro atoms. The summed E-state index contributed by atoms with van der Waals surface area (Å²) in [5.74, 6) is 0.187. The van der Waals surface area contributed by atoms with Crippen LogP contribution in [0.15, 0.2) is 33.1 Å². The number of likely N-dealkylation sites (N-methyl/N-ethyl adjacent to an activating group) is 1. The molecule has 2 aromatic rings. The van der Waals surface area contributed by atoms with Gasteiger partial charge in [-0.15, -0.1) is 10.2 Å². The second-order valence-corrected chi connectivity index (χ2v) is 8.83. The van der Waals surface area contributed by atoms with E-state index < -0.39 is 0 Å². The number of halogens is 1. The molecule has 2 heterocycles. The zero-order chi connectivity index (χ0) is 18.5. The van der Waals surface area contributed by atoms with Crippen LogP contribution in [0.3, 0.4) is 0 Å². The number of piperazine rings is 1. The summed E-state index contributed by atoms with van der Waals surface area (Å²) >= 11 is 5.97. The third-order valence-electron chi connectivity index (χ3n) is 3.92. The van der Waals surface area contributed by atoms with E-state index in [-0.39, 0.29) is 11.8 Å². The van der Waals surface area contributed by atoms with E-state index in [1.807, 2.05) is 11.0 Å². The highest BCUT2D eigenvalue weighted by molar-refractivity contribution is 9.10. The third kappa shape index (κ3) is 5.03. The minimum absolute atomic E-state index is 0.108. The lowest BCUT2D eigenvalue weighted by Crippen LogP contribution is -2.47. The maximum absolute atomic E-state index is 12.3. The second kappa shape index (κ2) is 8.94. The number of anilines is 1. The van der Waals surface area contributed by atoms with Gasteiger partial charge in [0.05, 0.1) is 11.3 Å². The minimum atomic E-state index is -0.251. The van der Waals surface area contributed by atoms with Crippen molar-refractivity contribution in [3.8, 4) is 0 Å². The first kappa shape index (κ1) is 19.3. The summed E-state index contributed by atoms with van der Waals surface area (Å²) in [6.07, 6.45) is 0. The van der Waals surface area contributed by atoms with Gasteiger partial charge in [0, 0.05) is 30.7 Å². The maximum atomic E-state index is 12.3. The molecule has 1 aromatic carbocycles. The molecule has 1 fully saturated rings. The van der Waals surface area contributed by atoms with Gasteiger partial charge in [-0.05, 0) is 35.1 Å². The van der Waals surface area contributed by atoms with Crippen LogP contribution < -0.4 is 5.32 Å². The summed E-state index contributed by atoms with van der Waals surface area (Å²) in [5.41, 5.74) is 0.530. The molecule has 26 heavy (non-hydrogen) atoms. The van der Waals surface area contributed by atoms with Crippen LogP contribution in [0.25, 0.3) is 0 Å². The largest absolute Gasteiger partial charge is 0.339 e. The first-order valence-electron chi connectivity index (χ1n) is 8.01. The van der Waals surface area contributed by atoms with Crippen molar-refractivity contribution in [3.05, 3.63) is 34.3 Å². The van der Waals surface area contributed by atoms with Crippen LogP contribution in [0.4, 0.5) is 5.13 Å². The predicted octanol–water partition coefficient (Wildman–Crippen LogP) is 2.42. The van der Waals surface area contributed by atoms with Crippen molar-refractivity contribution in [1.82, 2.24) is 20.0 Å². The number of nitrogens with one attached hydrogen (secondary N) is 1. The molecule has 1 aliphatic heterocycles. The average molecular weight is 456 g/mol. The molecule has 1 aromatic heterocycles. The smallest absolute Gasteiger partial charge is 0.258 e. The van der Waals surface area contributed by atoms with Crippen LogP contribution in [0.2, 0.25) is 0 Å². The Labute approximate surface area is 168 Å². The Hall–Kier alpha value is -1.49. The van der Waals surface area contributed by atoms with E-state index in [4.69, 9.17) is 0 Å². The van der Waals surface area contributed by atoms with Crippen molar-refractivity contribution in [1.29, 1.82) is 0 Å². The first-order valence-corrected chi connectivity index (χ1v) is 10.6. The molecule has 1 N–H and O–H groups in total. The van der Waals surface area contributed by atoms with E-state index in [1.165, 1.54) is 23.1 Å². The van der Waals surface area contributed by atoms with Gasteiger partial charge < -0.3 is 9.80 Å². The van der Waals surface area contributed by atoms with Crippen molar-refractivity contribution >= 4 is 56.0 Å². The van der Waals surface area contributed by atoms with Gasteiger partial charge >= 0.3 is 0 Å². The molecule has 3 rings (SSSR count). The Bertz CT molecular complexity index is 792. The van der Waals surface area contributed by atoms with Gasteiger partial charge in [0.2, 0.25) is 11.0 Å². The van der Waals surface area contributed by atoms with Crippen LogP contribution in [0.5, 0.6) is 0 Å². The highest BCUT2D eigenvalue weighted by atomic mass is 79.9. The summed E-state index contributed by atoms with van der Waals surface area (Å²) in [4.78, 5) is 28.6. The summed E-state index contributed by atoms with van der Waals surface area (Å²) in [5, 5.41) is 11.2. The number of hydrogen-bond acceptors (Lipinski definition) is 7. The Morgan fingerprint density at radius 3 is 2.69 bits per heavy atom. The van der Waals surface area contributed by atoms with Gasteiger partial charge in [0.25, 0.3) is 5.91 Å². The lowest BCUT2D eigenvalue weighted by atomic mass is 10.2. The molecule has 10 heteroatoms. The van der Waals surface area contributed by atoms with Crippen LogP contribution >= 0.6 is 39.0 Å². The number of carbonyl (C=O) groups is 2. The number of carbonyl (C=O) groups excluding carboxylic acids is 2. The van der Waals surface area contributed by atoms with E-state index >= 15 is 0 Å². The highest BCUT2D eigenvalue weighted by Gasteiger charge is 2.20. The molecule has 0 atom stereocenters. The van der Waals surface area contributed by atoms with Gasteiger partial charge in [0.1, 0.15) is 0 Å². The number of benzene rings is 1. The minimum Gasteiger partial charge on any atom is -0.339 e. The lowest BCUT2D eigenvalue weighted by Gasteiger charge is -2.32. The summed E-state index contributed by atoms with van der Waals surface area (Å²) < 4.78 is 1.38. The third-order valence-corrected chi connectivity index (χ3v) is 6.57. The summed E-state index contributed by atoms with van der Waals surface area (Å²) in [6, 6.07) is 7.17. The predicted molar refractivity (Wildman–Crippen MR) is 107 cm³/mol. The van der Waals surface area contributed by atoms with Gasteiger partial charge in [-0.2, -0.15) is 0 Å². The van der Waals surface area contributed by atoms with Gasteiger partial charge in [-0.1, -0.05) is 35.2 Å². The number of aromatic nitrogens is 2. The number of amides is 2. The van der Waals surface area contributed by atoms with Crippen molar-refractivity contribution in [3.63, 3.8) is 0 Å². The number of hydrogen-bond donors (Lipinski definition) is 1. The van der Waals surface area contributed by atoms with Crippen molar-refractivity contribution in [2.45, 2.75) is 4.34 Å². The summed E-state index contributed by atoms with van der Waals surface area (Å²) in [6.45, 7) is 3.33. The quantitative estimate of drug-likeness (QED) is 0.550. The Balaban J connectivity index is 1.51. The van der Waals surface area contributed by atoms with Crippen molar-refractivity contribution in [2.75, 3.05) is 44.3 Å². The first-order chi connectivity index (χ1) is 12.5. The zero-order valence-corrected chi connectivity index (χ0v) is 17.4. The summed E-state index contributed by atoms with van der Waals surface area (Å²) in [7, 11) is 2.06. The fraction of sp³-hybridized carbons (Fsp3) is 0.375. The molecule has 7 nitrogen and oxygen atoms in total. The zero-order valence-electron chi connectivity index (χ0n) is 14.1. The molecule has 0 saturated carbocycles. The van der Waals surface area contributed by atoms with E-state index in [1.54, 1.807) is 18.2 Å². The molecule has 2 amide bonds. The van der Waals surface area contributed by atoms with Gasteiger partial charge in [-0.3, -0.25) is 14.9 Å². The fourth-order valence-electron chi connectivity index (χ4n) is 2.40. The molecular formula is C16H18BrN5O2S2. The monoisotopic (exact) mass is 455 g/mol. The van der Waals surface area contributed by atoms with Crippen molar-refractivity contribution in [2.24, 2.45) is 0 Å². The normalized spacial score (nSPS) is 15.1. The number of rotatable bonds is 5. The standard InChI is InChI=1S/C16H18BrN5O2S2/c1-21-6-8-22(9-7-21)13(23)10-25-16-20-19-15(26-16)18-14(24)11-4-2-3-5-12(11)17/h2-5H,6-10H2,1H3,(H,18,19,24). The topological polar surface area (TPSA) is 78.4 Å². The van der Waals surface area contributed by atoms with E-state index in [0.29, 0.717) is 20.8 Å². The van der Waals surface area contributed by atoms with Crippen LogP contribution in [0, 0.1) is 0 Å². The molecule has 0 aliphatic carbocycles. The molecule has 1 saturated heterocycles. The molecular weight excluding hydrogens is 438 g/mol. The fourth-order valence-corrected chi connectivity index (χ4v) is 4.51. The molecule has 0 unspecified atom stereocenters. The average Bonchev–Trinajstić information content (AvgIpc) is 3.08. The highest BCUT2D eigenvalue weighted by Crippen LogP contribution is 2.26.